The average molecular weight is 413 g/mol. The molecule has 4 aromatic rings. The normalized spacial score (nSPS) is 11.2. The van der Waals surface area contributed by atoms with Gasteiger partial charge in [0.25, 0.3) is 0 Å². The number of amides is 1. The van der Waals surface area contributed by atoms with E-state index >= 15 is 0 Å². The van der Waals surface area contributed by atoms with Crippen LogP contribution >= 0.6 is 0 Å². The topological polar surface area (TPSA) is 92.8 Å². The zero-order valence-electron chi connectivity index (χ0n) is 17.6. The number of imidazole rings is 1. The molecule has 156 valence electrons. The molecule has 31 heavy (non-hydrogen) atoms. The molecule has 4 rings (SSSR count). The Morgan fingerprint density at radius 3 is 2.52 bits per heavy atom. The minimum atomic E-state index is -0.573. The van der Waals surface area contributed by atoms with Gasteiger partial charge in [0.15, 0.2) is 5.82 Å². The third-order valence-electron chi connectivity index (χ3n) is 4.38. The molecule has 0 radical (unpaired) electrons. The lowest BCUT2D eigenvalue weighted by Crippen LogP contribution is -2.27. The maximum Gasteiger partial charge on any atom is 0.412 e. The highest BCUT2D eigenvalue weighted by atomic mass is 16.6. The highest BCUT2D eigenvalue weighted by molar-refractivity contribution is 5.86. The second-order valence-electron chi connectivity index (χ2n) is 8.03. The van der Waals surface area contributed by atoms with E-state index in [1.807, 2.05) is 69.3 Å². The van der Waals surface area contributed by atoms with Crippen molar-refractivity contribution in [3.8, 4) is 33.9 Å². The molecule has 1 aromatic carbocycles. The van der Waals surface area contributed by atoms with Crippen LogP contribution in [0.1, 0.15) is 20.8 Å². The van der Waals surface area contributed by atoms with Gasteiger partial charge in [-0.15, -0.1) is 0 Å². The second kappa shape index (κ2) is 8.39. The zero-order chi connectivity index (χ0) is 21.8. The number of hydrogen-bond donors (Lipinski definition) is 2. The SMILES string of the molecule is CC(C)(C)OC(=O)Nc1cncc(-c2ccnc(-c3ncc(-c4ccccc4)[nH]3)c2)c1. The number of pyridine rings is 2. The van der Waals surface area contributed by atoms with E-state index in [1.54, 1.807) is 24.8 Å². The summed E-state index contributed by atoms with van der Waals surface area (Å²) in [6.45, 7) is 5.45. The molecule has 0 atom stereocenters. The Labute approximate surface area is 180 Å². The molecule has 3 heterocycles. The van der Waals surface area contributed by atoms with Gasteiger partial charge in [-0.05, 0) is 50.1 Å². The molecular weight excluding hydrogens is 390 g/mol. The van der Waals surface area contributed by atoms with Crippen LogP contribution in [0.25, 0.3) is 33.9 Å². The first-order valence-corrected chi connectivity index (χ1v) is 9.90. The molecule has 0 saturated carbocycles. The number of H-pyrrole nitrogens is 1. The maximum atomic E-state index is 12.1. The van der Waals surface area contributed by atoms with Crippen molar-refractivity contribution in [3.05, 3.63) is 73.3 Å². The van der Waals surface area contributed by atoms with Gasteiger partial charge in [-0.25, -0.2) is 9.78 Å². The molecular formula is C24H23N5O2. The van der Waals surface area contributed by atoms with E-state index in [4.69, 9.17) is 4.74 Å². The lowest BCUT2D eigenvalue weighted by atomic mass is 10.1. The molecule has 3 aromatic heterocycles. The van der Waals surface area contributed by atoms with Crippen molar-refractivity contribution in [2.75, 3.05) is 5.32 Å². The molecule has 1 amide bonds. The molecule has 0 spiro atoms. The number of aromatic amines is 1. The molecule has 0 bridgehead atoms. The van der Waals surface area contributed by atoms with Crippen LogP contribution in [-0.4, -0.2) is 31.6 Å². The minimum Gasteiger partial charge on any atom is -0.444 e. The number of carbonyl (C=O) groups is 1. The number of nitrogens with zero attached hydrogens (tertiary/aromatic N) is 3. The van der Waals surface area contributed by atoms with Crippen molar-refractivity contribution in [2.24, 2.45) is 0 Å². The van der Waals surface area contributed by atoms with E-state index in [0.29, 0.717) is 17.2 Å². The van der Waals surface area contributed by atoms with Crippen molar-refractivity contribution in [1.82, 2.24) is 19.9 Å². The number of nitrogens with one attached hydrogen (secondary N) is 2. The Bertz CT molecular complexity index is 1200. The Hall–Kier alpha value is -4.00. The summed E-state index contributed by atoms with van der Waals surface area (Å²) in [7, 11) is 0. The second-order valence-corrected chi connectivity index (χ2v) is 8.03. The molecule has 0 aliphatic heterocycles. The van der Waals surface area contributed by atoms with Gasteiger partial charge < -0.3 is 9.72 Å². The number of hydrogen-bond acceptors (Lipinski definition) is 5. The van der Waals surface area contributed by atoms with Gasteiger partial charge in [-0.2, -0.15) is 0 Å². The fourth-order valence-electron chi connectivity index (χ4n) is 3.04. The lowest BCUT2D eigenvalue weighted by molar-refractivity contribution is 0.0636. The summed E-state index contributed by atoms with van der Waals surface area (Å²) in [5, 5.41) is 2.72. The molecule has 0 unspecified atom stereocenters. The quantitative estimate of drug-likeness (QED) is 0.458. The van der Waals surface area contributed by atoms with Gasteiger partial charge in [-0.3, -0.25) is 15.3 Å². The maximum absolute atomic E-state index is 12.1. The highest BCUT2D eigenvalue weighted by Crippen LogP contribution is 2.26. The summed E-state index contributed by atoms with van der Waals surface area (Å²) < 4.78 is 5.30. The van der Waals surface area contributed by atoms with Gasteiger partial charge >= 0.3 is 6.09 Å². The van der Waals surface area contributed by atoms with Crippen LogP contribution in [-0.2, 0) is 4.74 Å². The van der Waals surface area contributed by atoms with Gasteiger partial charge in [0, 0.05) is 18.0 Å². The first kappa shape index (κ1) is 20.3. The molecule has 0 aliphatic rings. The van der Waals surface area contributed by atoms with E-state index in [-0.39, 0.29) is 0 Å². The largest absolute Gasteiger partial charge is 0.444 e. The van der Waals surface area contributed by atoms with Gasteiger partial charge in [0.2, 0.25) is 0 Å². The summed E-state index contributed by atoms with van der Waals surface area (Å²) in [6.07, 6.45) is 6.31. The molecule has 7 heteroatoms. The van der Waals surface area contributed by atoms with Crippen molar-refractivity contribution in [1.29, 1.82) is 0 Å². The monoisotopic (exact) mass is 413 g/mol. The number of rotatable bonds is 4. The number of benzene rings is 1. The van der Waals surface area contributed by atoms with Crippen LogP contribution in [0.15, 0.2) is 73.3 Å². The minimum absolute atomic E-state index is 0.522. The third-order valence-corrected chi connectivity index (χ3v) is 4.38. The fraction of sp³-hybridized carbons (Fsp3) is 0.167. The van der Waals surface area contributed by atoms with Crippen molar-refractivity contribution in [2.45, 2.75) is 26.4 Å². The standard InChI is InChI=1S/C24H23N5O2/c1-24(2,3)31-23(30)28-19-11-18(13-25-14-19)17-9-10-26-20(12-17)22-27-15-21(29-22)16-7-5-4-6-8-16/h4-15H,1-3H3,(H,27,29)(H,28,30). The Morgan fingerprint density at radius 2 is 1.74 bits per heavy atom. The van der Waals surface area contributed by atoms with Gasteiger partial charge in [0.1, 0.15) is 11.3 Å². The number of anilines is 1. The molecule has 0 fully saturated rings. The summed E-state index contributed by atoms with van der Waals surface area (Å²) in [6, 6.07) is 15.7. The van der Waals surface area contributed by atoms with Gasteiger partial charge in [-0.1, -0.05) is 30.3 Å². The number of carbonyl (C=O) groups excluding carboxylic acids is 1. The van der Waals surface area contributed by atoms with Crippen LogP contribution in [0.3, 0.4) is 0 Å². The van der Waals surface area contributed by atoms with Crippen LogP contribution in [0.4, 0.5) is 10.5 Å². The zero-order valence-corrected chi connectivity index (χ0v) is 17.6. The first-order valence-electron chi connectivity index (χ1n) is 9.90. The third kappa shape index (κ3) is 5.14. The molecule has 2 N–H and O–H groups in total. The molecule has 7 nitrogen and oxygen atoms in total. The van der Waals surface area contributed by atoms with E-state index < -0.39 is 11.7 Å². The van der Waals surface area contributed by atoms with Crippen molar-refractivity contribution in [3.63, 3.8) is 0 Å². The average Bonchev–Trinajstić information content (AvgIpc) is 3.24. The number of ether oxygens (including phenoxy) is 1. The summed E-state index contributed by atoms with van der Waals surface area (Å²) in [5.74, 6) is 0.677. The Morgan fingerprint density at radius 1 is 0.935 bits per heavy atom. The summed E-state index contributed by atoms with van der Waals surface area (Å²) in [5.41, 5.74) is 4.42. The predicted octanol–water partition coefficient (Wildman–Crippen LogP) is 5.55. The van der Waals surface area contributed by atoms with E-state index in [1.165, 1.54) is 0 Å². The van der Waals surface area contributed by atoms with Crippen LogP contribution < -0.4 is 5.32 Å². The Balaban J connectivity index is 1.57. The summed E-state index contributed by atoms with van der Waals surface area (Å²) in [4.78, 5) is 28.5. The van der Waals surface area contributed by atoms with E-state index in [9.17, 15) is 4.79 Å². The van der Waals surface area contributed by atoms with E-state index in [0.717, 1.165) is 22.4 Å². The predicted molar refractivity (Wildman–Crippen MR) is 120 cm³/mol. The van der Waals surface area contributed by atoms with Gasteiger partial charge in [0.05, 0.1) is 23.8 Å². The van der Waals surface area contributed by atoms with Crippen LogP contribution in [0, 0.1) is 0 Å². The van der Waals surface area contributed by atoms with Crippen LogP contribution in [0.5, 0.6) is 0 Å². The lowest BCUT2D eigenvalue weighted by Gasteiger charge is -2.19. The summed E-state index contributed by atoms with van der Waals surface area (Å²) >= 11 is 0. The molecule has 0 saturated heterocycles. The van der Waals surface area contributed by atoms with E-state index in [2.05, 4.69) is 25.3 Å². The van der Waals surface area contributed by atoms with Crippen molar-refractivity contribution >= 4 is 11.8 Å². The molecule has 0 aliphatic carbocycles. The Kier molecular flexibility index (Phi) is 5.49. The smallest absolute Gasteiger partial charge is 0.412 e. The fourth-order valence-corrected chi connectivity index (χ4v) is 3.04. The first-order chi connectivity index (χ1) is 14.9. The highest BCUT2D eigenvalue weighted by Gasteiger charge is 2.16. The van der Waals surface area contributed by atoms with Crippen molar-refractivity contribution < 1.29 is 9.53 Å². The number of aromatic nitrogens is 4. The van der Waals surface area contributed by atoms with Crippen LogP contribution in [0.2, 0.25) is 0 Å².